The van der Waals surface area contributed by atoms with Gasteiger partial charge in [0, 0.05) is 6.54 Å². The van der Waals surface area contributed by atoms with E-state index in [0.29, 0.717) is 11.5 Å². The van der Waals surface area contributed by atoms with E-state index in [-0.39, 0.29) is 5.75 Å². The summed E-state index contributed by atoms with van der Waals surface area (Å²) in [6.45, 7) is 1.80. The lowest BCUT2D eigenvalue weighted by Crippen LogP contribution is -2.22. The lowest BCUT2D eigenvalue weighted by Gasteiger charge is -2.13. The number of nitrogens with one attached hydrogen (secondary N) is 1. The molecule has 0 radical (unpaired) electrons. The molecular formula is C14H21NO3S. The maximum absolute atomic E-state index is 9.84. The Morgan fingerprint density at radius 3 is 2.53 bits per heavy atom. The fraction of sp³-hybridized carbons (Fsp3) is 0.571. The summed E-state index contributed by atoms with van der Waals surface area (Å²) < 4.78 is 10.3. The molecule has 1 atom stereocenters. The summed E-state index contributed by atoms with van der Waals surface area (Å²) in [5.41, 5.74) is 1.05. The zero-order chi connectivity index (χ0) is 13.7. The van der Waals surface area contributed by atoms with E-state index < -0.39 is 0 Å². The molecule has 106 valence electrons. The van der Waals surface area contributed by atoms with Crippen molar-refractivity contribution in [1.29, 1.82) is 0 Å². The molecule has 19 heavy (non-hydrogen) atoms. The van der Waals surface area contributed by atoms with Gasteiger partial charge in [-0.15, -0.1) is 0 Å². The van der Waals surface area contributed by atoms with Crippen molar-refractivity contribution in [3.05, 3.63) is 17.7 Å². The standard InChI is InChI=1S/C14H21NO3S/c1-17-12-5-11(6-13(18-2)14(12)16)8-15-7-10-3-4-19-9-10/h5-6,10,15-16H,3-4,7-9H2,1-2H3. The Hall–Kier alpha value is -1.07. The average Bonchev–Trinajstić information content (AvgIpc) is 2.93. The highest BCUT2D eigenvalue weighted by Gasteiger charge is 2.15. The van der Waals surface area contributed by atoms with E-state index in [9.17, 15) is 5.11 Å². The number of phenolic OH excluding ortho intramolecular Hbond substituents is 1. The van der Waals surface area contributed by atoms with Gasteiger partial charge in [0.05, 0.1) is 14.2 Å². The molecule has 1 aliphatic heterocycles. The number of thioether (sulfide) groups is 1. The highest BCUT2D eigenvalue weighted by Crippen LogP contribution is 2.37. The fourth-order valence-corrected chi connectivity index (χ4v) is 3.50. The second kappa shape index (κ2) is 6.91. The van der Waals surface area contributed by atoms with E-state index >= 15 is 0 Å². The Morgan fingerprint density at radius 1 is 1.32 bits per heavy atom. The number of methoxy groups -OCH3 is 2. The quantitative estimate of drug-likeness (QED) is 0.838. The molecule has 0 saturated carbocycles. The third-order valence-corrected chi connectivity index (χ3v) is 4.56. The lowest BCUT2D eigenvalue weighted by atomic mass is 10.1. The van der Waals surface area contributed by atoms with Gasteiger partial charge in [-0.25, -0.2) is 0 Å². The molecule has 1 heterocycles. The zero-order valence-corrected chi connectivity index (χ0v) is 12.3. The summed E-state index contributed by atoms with van der Waals surface area (Å²) in [6.07, 6.45) is 1.31. The Balaban J connectivity index is 1.95. The maximum atomic E-state index is 9.84. The van der Waals surface area contributed by atoms with Gasteiger partial charge in [0.15, 0.2) is 11.5 Å². The van der Waals surface area contributed by atoms with E-state index in [2.05, 4.69) is 5.32 Å². The molecule has 0 aliphatic carbocycles. The number of benzene rings is 1. The SMILES string of the molecule is COc1cc(CNCC2CCSC2)cc(OC)c1O. The molecule has 5 heteroatoms. The molecule has 1 fully saturated rings. The van der Waals surface area contributed by atoms with Gasteiger partial charge in [-0.3, -0.25) is 0 Å². The highest BCUT2D eigenvalue weighted by molar-refractivity contribution is 7.99. The van der Waals surface area contributed by atoms with Crippen molar-refractivity contribution in [2.45, 2.75) is 13.0 Å². The van der Waals surface area contributed by atoms with Crippen LogP contribution in [0.1, 0.15) is 12.0 Å². The topological polar surface area (TPSA) is 50.7 Å². The van der Waals surface area contributed by atoms with Crippen LogP contribution in [0.15, 0.2) is 12.1 Å². The molecule has 1 aliphatic rings. The van der Waals surface area contributed by atoms with Gasteiger partial charge in [0.25, 0.3) is 0 Å². The Labute approximate surface area is 118 Å². The van der Waals surface area contributed by atoms with Gasteiger partial charge >= 0.3 is 0 Å². The summed E-state index contributed by atoms with van der Waals surface area (Å²) in [4.78, 5) is 0. The minimum Gasteiger partial charge on any atom is -0.502 e. The van der Waals surface area contributed by atoms with E-state index in [4.69, 9.17) is 9.47 Å². The molecule has 1 aromatic rings. The molecule has 1 saturated heterocycles. The largest absolute Gasteiger partial charge is 0.502 e. The fourth-order valence-electron chi connectivity index (χ4n) is 2.21. The number of rotatable bonds is 6. The number of hydrogen-bond donors (Lipinski definition) is 2. The summed E-state index contributed by atoms with van der Waals surface area (Å²) >= 11 is 2.03. The molecule has 0 spiro atoms. The lowest BCUT2D eigenvalue weighted by molar-refractivity contribution is 0.339. The monoisotopic (exact) mass is 283 g/mol. The number of hydrogen-bond acceptors (Lipinski definition) is 5. The Bertz CT molecular complexity index is 394. The first kappa shape index (κ1) is 14.3. The second-order valence-corrected chi connectivity index (χ2v) is 5.86. The summed E-state index contributed by atoms with van der Waals surface area (Å²) in [7, 11) is 3.09. The van der Waals surface area contributed by atoms with Crippen LogP contribution in [0.5, 0.6) is 17.2 Å². The molecule has 2 N–H and O–H groups in total. The van der Waals surface area contributed by atoms with Crippen LogP contribution in [-0.2, 0) is 6.54 Å². The minimum absolute atomic E-state index is 0.0564. The van der Waals surface area contributed by atoms with Crippen LogP contribution < -0.4 is 14.8 Å². The average molecular weight is 283 g/mol. The van der Waals surface area contributed by atoms with Gasteiger partial charge < -0.3 is 19.9 Å². The van der Waals surface area contributed by atoms with E-state index in [1.54, 1.807) is 14.2 Å². The summed E-state index contributed by atoms with van der Waals surface area (Å²) in [5, 5.41) is 13.3. The van der Waals surface area contributed by atoms with E-state index in [0.717, 1.165) is 24.6 Å². The minimum atomic E-state index is 0.0564. The van der Waals surface area contributed by atoms with Gasteiger partial charge in [-0.2, -0.15) is 11.8 Å². The number of phenols is 1. The van der Waals surface area contributed by atoms with Crippen molar-refractivity contribution in [3.8, 4) is 17.2 Å². The molecule has 2 rings (SSSR count). The first-order valence-corrected chi connectivity index (χ1v) is 7.62. The van der Waals surface area contributed by atoms with Crippen molar-refractivity contribution in [3.63, 3.8) is 0 Å². The molecule has 1 aromatic carbocycles. The third-order valence-electron chi connectivity index (χ3n) is 3.33. The van der Waals surface area contributed by atoms with Gasteiger partial charge in [-0.05, 0) is 48.1 Å². The summed E-state index contributed by atoms with van der Waals surface area (Å²) in [5.74, 6) is 4.29. The van der Waals surface area contributed by atoms with E-state index in [1.165, 1.54) is 17.9 Å². The summed E-state index contributed by atoms with van der Waals surface area (Å²) in [6, 6.07) is 3.68. The predicted molar refractivity (Wildman–Crippen MR) is 78.3 cm³/mol. The van der Waals surface area contributed by atoms with Crippen molar-refractivity contribution >= 4 is 11.8 Å². The number of aromatic hydroxyl groups is 1. The number of ether oxygens (including phenoxy) is 2. The second-order valence-electron chi connectivity index (χ2n) is 4.71. The van der Waals surface area contributed by atoms with Gasteiger partial charge in [0.1, 0.15) is 0 Å². The van der Waals surface area contributed by atoms with Crippen LogP contribution in [0.25, 0.3) is 0 Å². The molecule has 0 aromatic heterocycles. The van der Waals surface area contributed by atoms with Crippen molar-refractivity contribution in [2.75, 3.05) is 32.3 Å². The Morgan fingerprint density at radius 2 is 2.00 bits per heavy atom. The van der Waals surface area contributed by atoms with Crippen LogP contribution in [0.3, 0.4) is 0 Å². The normalized spacial score (nSPS) is 18.5. The van der Waals surface area contributed by atoms with Crippen LogP contribution in [0.2, 0.25) is 0 Å². The molecule has 0 amide bonds. The van der Waals surface area contributed by atoms with Crippen LogP contribution >= 0.6 is 11.8 Å². The predicted octanol–water partition coefficient (Wildman–Crippen LogP) is 2.25. The van der Waals surface area contributed by atoms with E-state index in [1.807, 2.05) is 23.9 Å². The van der Waals surface area contributed by atoms with Crippen molar-refractivity contribution in [1.82, 2.24) is 5.32 Å². The molecular weight excluding hydrogens is 262 g/mol. The van der Waals surface area contributed by atoms with Gasteiger partial charge in [0.2, 0.25) is 5.75 Å². The first-order chi connectivity index (χ1) is 9.24. The highest BCUT2D eigenvalue weighted by atomic mass is 32.2. The van der Waals surface area contributed by atoms with Crippen molar-refractivity contribution in [2.24, 2.45) is 5.92 Å². The molecule has 4 nitrogen and oxygen atoms in total. The maximum Gasteiger partial charge on any atom is 0.200 e. The smallest absolute Gasteiger partial charge is 0.200 e. The molecule has 1 unspecified atom stereocenters. The van der Waals surface area contributed by atoms with Crippen LogP contribution in [-0.4, -0.2) is 37.4 Å². The molecule has 0 bridgehead atoms. The van der Waals surface area contributed by atoms with Crippen LogP contribution in [0.4, 0.5) is 0 Å². The van der Waals surface area contributed by atoms with Gasteiger partial charge in [-0.1, -0.05) is 0 Å². The van der Waals surface area contributed by atoms with Crippen LogP contribution in [0, 0.1) is 5.92 Å². The van der Waals surface area contributed by atoms with Crippen molar-refractivity contribution < 1.29 is 14.6 Å². The zero-order valence-electron chi connectivity index (χ0n) is 11.4. The Kier molecular flexibility index (Phi) is 5.22. The first-order valence-electron chi connectivity index (χ1n) is 6.47. The third kappa shape index (κ3) is 3.70.